The van der Waals surface area contributed by atoms with E-state index in [1.165, 1.54) is 4.40 Å². The van der Waals surface area contributed by atoms with E-state index >= 15 is 0 Å². The molecular formula is C22H15ClN2O3S. The number of hydrogen-bond acceptors (Lipinski definition) is 4. The van der Waals surface area contributed by atoms with E-state index in [0.717, 1.165) is 22.5 Å². The maximum Gasteiger partial charge on any atom is 0.348 e. The zero-order valence-electron chi connectivity index (χ0n) is 15.3. The Bertz CT molecular complexity index is 1310. The molecular weight excluding hydrogens is 408 g/mol. The Morgan fingerprint density at radius 1 is 1.10 bits per heavy atom. The minimum Gasteiger partial charge on any atom is -0.477 e. The van der Waals surface area contributed by atoms with E-state index in [-0.39, 0.29) is 20.6 Å². The van der Waals surface area contributed by atoms with Gasteiger partial charge in [0.05, 0.1) is 11.4 Å². The lowest BCUT2D eigenvalue weighted by molar-refractivity contribution is 0.0702. The van der Waals surface area contributed by atoms with Crippen LogP contribution >= 0.6 is 22.9 Å². The van der Waals surface area contributed by atoms with Crippen LogP contribution < -0.4 is 5.56 Å². The molecule has 0 fully saturated rings. The van der Waals surface area contributed by atoms with Crippen molar-refractivity contribution in [3.05, 3.63) is 91.7 Å². The highest BCUT2D eigenvalue weighted by Crippen LogP contribution is 2.31. The van der Waals surface area contributed by atoms with E-state index in [4.69, 9.17) is 11.6 Å². The number of aromatic carboxylic acids is 1. The molecule has 0 aliphatic carbocycles. The predicted molar refractivity (Wildman–Crippen MR) is 117 cm³/mol. The number of fused-ring (bicyclic) bond motifs is 1. The van der Waals surface area contributed by atoms with Gasteiger partial charge in [0.2, 0.25) is 0 Å². The number of carboxylic acid groups (broad SMARTS) is 1. The second-order valence-electron chi connectivity index (χ2n) is 6.43. The first-order valence-corrected chi connectivity index (χ1v) is 9.93. The number of aryl methyl sites for hydroxylation is 1. The van der Waals surface area contributed by atoms with Crippen molar-refractivity contribution in [2.24, 2.45) is 0 Å². The van der Waals surface area contributed by atoms with Crippen molar-refractivity contribution in [2.45, 2.75) is 6.92 Å². The van der Waals surface area contributed by atoms with Crippen LogP contribution in [0.25, 0.3) is 28.4 Å². The van der Waals surface area contributed by atoms with Crippen molar-refractivity contribution in [3.63, 3.8) is 0 Å². The molecule has 0 spiro atoms. The van der Waals surface area contributed by atoms with E-state index in [1.54, 1.807) is 24.3 Å². The second kappa shape index (κ2) is 7.66. The Labute approximate surface area is 175 Å². The Hall–Kier alpha value is -3.22. The second-order valence-corrected chi connectivity index (χ2v) is 7.78. The smallest absolute Gasteiger partial charge is 0.348 e. The van der Waals surface area contributed by atoms with Gasteiger partial charge in [-0.2, -0.15) is 0 Å². The minimum atomic E-state index is -1.12. The lowest BCUT2D eigenvalue weighted by Gasteiger charge is -2.05. The molecule has 0 radical (unpaired) electrons. The number of aromatic nitrogens is 2. The summed E-state index contributed by atoms with van der Waals surface area (Å²) in [6.45, 7) is 1.93. The van der Waals surface area contributed by atoms with Crippen LogP contribution in [0, 0.1) is 6.92 Å². The molecule has 0 aliphatic heterocycles. The van der Waals surface area contributed by atoms with Gasteiger partial charge in [0, 0.05) is 5.56 Å². The van der Waals surface area contributed by atoms with Gasteiger partial charge in [0.15, 0.2) is 4.96 Å². The van der Waals surface area contributed by atoms with Crippen molar-refractivity contribution in [1.82, 2.24) is 9.38 Å². The normalized spacial score (nSPS) is 11.4. The van der Waals surface area contributed by atoms with Crippen LogP contribution in [0.5, 0.6) is 0 Å². The van der Waals surface area contributed by atoms with E-state index in [0.29, 0.717) is 11.3 Å². The molecule has 2 heterocycles. The third-order valence-corrected chi connectivity index (χ3v) is 5.79. The molecule has 4 aromatic rings. The lowest BCUT2D eigenvalue weighted by atomic mass is 10.1. The fourth-order valence-corrected chi connectivity index (χ4v) is 4.14. The Morgan fingerprint density at radius 3 is 2.45 bits per heavy atom. The number of nitrogens with zero attached hydrogens (tertiary/aromatic N) is 2. The molecule has 0 aliphatic rings. The molecule has 2 aromatic heterocycles. The van der Waals surface area contributed by atoms with Crippen LogP contribution in [-0.4, -0.2) is 20.5 Å². The molecule has 0 amide bonds. The van der Waals surface area contributed by atoms with Crippen molar-refractivity contribution in [2.75, 3.05) is 0 Å². The molecule has 29 heavy (non-hydrogen) atoms. The Kier molecular flexibility index (Phi) is 5.05. The fourth-order valence-electron chi connectivity index (χ4n) is 2.97. The first-order valence-electron chi connectivity index (χ1n) is 8.74. The van der Waals surface area contributed by atoms with Gasteiger partial charge in [-0.25, -0.2) is 14.2 Å². The van der Waals surface area contributed by atoms with Gasteiger partial charge in [-0.1, -0.05) is 89.2 Å². The standard InChI is InChI=1S/C22H15ClN2O3S/c1-13-7-10-15(11-8-13)18-19(21(27)28)29-22-24-16(17(23)20(26)25(18)22)12-9-14-5-3-2-4-6-14/h2-12H,1H3,(H,27,28). The Balaban J connectivity index is 1.94. The van der Waals surface area contributed by atoms with Gasteiger partial charge in [-0.05, 0) is 18.6 Å². The molecule has 144 valence electrons. The predicted octanol–water partition coefficient (Wildman–Crippen LogP) is 5.25. The number of hydrogen-bond donors (Lipinski definition) is 1. The summed E-state index contributed by atoms with van der Waals surface area (Å²) >= 11 is 7.27. The van der Waals surface area contributed by atoms with Gasteiger partial charge >= 0.3 is 5.97 Å². The summed E-state index contributed by atoms with van der Waals surface area (Å²) in [5.41, 5.74) is 2.67. The number of rotatable bonds is 4. The summed E-state index contributed by atoms with van der Waals surface area (Å²) in [4.78, 5) is 29.6. The molecule has 1 N–H and O–H groups in total. The van der Waals surface area contributed by atoms with E-state index in [2.05, 4.69) is 4.98 Å². The van der Waals surface area contributed by atoms with Gasteiger partial charge in [-0.3, -0.25) is 4.79 Å². The molecule has 4 rings (SSSR count). The minimum absolute atomic E-state index is 0.0405. The molecule has 0 saturated carbocycles. The Morgan fingerprint density at radius 2 is 1.79 bits per heavy atom. The van der Waals surface area contributed by atoms with Crippen LogP contribution in [0.4, 0.5) is 0 Å². The number of carboxylic acids is 1. The average Bonchev–Trinajstić information content (AvgIpc) is 3.11. The molecule has 0 saturated heterocycles. The average molecular weight is 423 g/mol. The third kappa shape index (κ3) is 3.60. The van der Waals surface area contributed by atoms with Gasteiger partial charge in [0.1, 0.15) is 9.90 Å². The fraction of sp³-hybridized carbons (Fsp3) is 0.0455. The van der Waals surface area contributed by atoms with Crippen LogP contribution in [0.15, 0.2) is 59.4 Å². The molecule has 7 heteroatoms. The monoisotopic (exact) mass is 422 g/mol. The maximum absolute atomic E-state index is 13.0. The van der Waals surface area contributed by atoms with Gasteiger partial charge in [-0.15, -0.1) is 0 Å². The molecule has 2 aromatic carbocycles. The summed E-state index contributed by atoms with van der Waals surface area (Å²) in [6.07, 6.45) is 3.46. The maximum atomic E-state index is 13.0. The number of thiazole rings is 1. The number of carbonyl (C=O) groups is 1. The first kappa shape index (κ1) is 19.1. The van der Waals surface area contributed by atoms with E-state index < -0.39 is 11.5 Å². The van der Waals surface area contributed by atoms with Crippen molar-refractivity contribution >= 4 is 46.0 Å². The van der Waals surface area contributed by atoms with Gasteiger partial charge in [0.25, 0.3) is 5.56 Å². The van der Waals surface area contributed by atoms with Crippen LogP contribution in [0.2, 0.25) is 5.02 Å². The van der Waals surface area contributed by atoms with E-state index in [1.807, 2.05) is 49.4 Å². The summed E-state index contributed by atoms with van der Waals surface area (Å²) < 4.78 is 1.28. The van der Waals surface area contributed by atoms with Crippen molar-refractivity contribution < 1.29 is 9.90 Å². The molecule has 0 unspecified atom stereocenters. The highest BCUT2D eigenvalue weighted by atomic mass is 35.5. The largest absolute Gasteiger partial charge is 0.477 e. The van der Waals surface area contributed by atoms with Crippen molar-refractivity contribution in [1.29, 1.82) is 0 Å². The lowest BCUT2D eigenvalue weighted by Crippen LogP contribution is -2.17. The summed E-state index contributed by atoms with van der Waals surface area (Å²) in [5, 5.41) is 9.63. The van der Waals surface area contributed by atoms with Gasteiger partial charge < -0.3 is 5.11 Å². The highest BCUT2D eigenvalue weighted by molar-refractivity contribution is 7.19. The quantitative estimate of drug-likeness (QED) is 0.487. The SMILES string of the molecule is Cc1ccc(-c2c(C(=O)O)sc3nc(C=Cc4ccccc4)c(Cl)c(=O)n23)cc1. The summed E-state index contributed by atoms with van der Waals surface area (Å²) in [5.74, 6) is -1.12. The van der Waals surface area contributed by atoms with Crippen molar-refractivity contribution in [3.8, 4) is 11.3 Å². The third-order valence-electron chi connectivity index (χ3n) is 4.41. The van der Waals surface area contributed by atoms with E-state index in [9.17, 15) is 14.7 Å². The number of halogens is 1. The van der Waals surface area contributed by atoms with Crippen LogP contribution in [-0.2, 0) is 0 Å². The highest BCUT2D eigenvalue weighted by Gasteiger charge is 2.23. The molecule has 0 bridgehead atoms. The molecule has 5 nitrogen and oxygen atoms in total. The topological polar surface area (TPSA) is 71.7 Å². The summed E-state index contributed by atoms with van der Waals surface area (Å²) in [6, 6.07) is 16.8. The zero-order chi connectivity index (χ0) is 20.5. The van der Waals surface area contributed by atoms with Crippen LogP contribution in [0.1, 0.15) is 26.5 Å². The van der Waals surface area contributed by atoms with Crippen LogP contribution in [0.3, 0.4) is 0 Å². The first-order chi connectivity index (χ1) is 14.0. The molecule has 0 atom stereocenters. The summed E-state index contributed by atoms with van der Waals surface area (Å²) in [7, 11) is 0. The number of benzene rings is 2. The zero-order valence-corrected chi connectivity index (χ0v) is 16.9.